The summed E-state index contributed by atoms with van der Waals surface area (Å²) in [6.45, 7) is 0. The number of rotatable bonds is 6. The quantitative estimate of drug-likeness (QED) is 0.381. The number of nitrogens with zero attached hydrogens (tertiary/aromatic N) is 3. The molecular weight excluding hydrogens is 387 g/mol. The van der Waals surface area contributed by atoms with Gasteiger partial charge in [0.2, 0.25) is 0 Å². The van der Waals surface area contributed by atoms with Crippen molar-refractivity contribution in [2.45, 2.75) is 0 Å². The Balaban J connectivity index is 1.73. The smallest absolute Gasteiger partial charge is 0.283 e. The second kappa shape index (κ2) is 8.08. The number of hydrazone groups is 1. The number of non-ortho nitro benzene ring substituents is 1. The summed E-state index contributed by atoms with van der Waals surface area (Å²) in [5, 5.41) is 25.5. The van der Waals surface area contributed by atoms with Crippen LogP contribution in [-0.4, -0.2) is 22.0 Å². The summed E-state index contributed by atoms with van der Waals surface area (Å²) in [5.41, 5.74) is 1.62. The van der Waals surface area contributed by atoms with E-state index < -0.39 is 27.3 Å². The SMILES string of the molecule is O=C(N/N=C/c1ccc(-c2ccc(F)cc2[N+](=O)[O-])o1)c1cccc([N+](=O)[O-])c1. The molecule has 1 amide bonds. The Hall–Kier alpha value is -4.41. The molecule has 146 valence electrons. The second-order valence-corrected chi connectivity index (χ2v) is 5.63. The molecular formula is C18H11FN4O6. The molecule has 2 aromatic carbocycles. The highest BCUT2D eigenvalue weighted by Crippen LogP contribution is 2.31. The molecule has 1 aromatic heterocycles. The fourth-order valence-corrected chi connectivity index (χ4v) is 2.41. The first-order chi connectivity index (χ1) is 13.8. The minimum absolute atomic E-state index is 0.0402. The Labute approximate surface area is 161 Å². The molecule has 0 aliphatic carbocycles. The van der Waals surface area contributed by atoms with Gasteiger partial charge in [-0.3, -0.25) is 25.0 Å². The van der Waals surface area contributed by atoms with E-state index in [1.807, 2.05) is 0 Å². The van der Waals surface area contributed by atoms with Crippen LogP contribution in [-0.2, 0) is 0 Å². The minimum Gasteiger partial charge on any atom is -0.455 e. The maximum absolute atomic E-state index is 13.2. The third-order valence-corrected chi connectivity index (χ3v) is 3.73. The van der Waals surface area contributed by atoms with Gasteiger partial charge in [0.1, 0.15) is 17.3 Å². The number of furan rings is 1. The van der Waals surface area contributed by atoms with Crippen molar-refractivity contribution in [3.8, 4) is 11.3 Å². The molecule has 0 unspecified atom stereocenters. The number of benzene rings is 2. The Bertz CT molecular complexity index is 1140. The molecule has 0 bridgehead atoms. The van der Waals surface area contributed by atoms with Gasteiger partial charge in [0, 0.05) is 17.7 Å². The highest BCUT2D eigenvalue weighted by atomic mass is 19.1. The number of nitrogens with one attached hydrogen (secondary N) is 1. The molecule has 10 nitrogen and oxygen atoms in total. The molecule has 0 fully saturated rings. The average Bonchev–Trinajstić information content (AvgIpc) is 3.16. The van der Waals surface area contributed by atoms with E-state index in [1.165, 1.54) is 36.4 Å². The van der Waals surface area contributed by atoms with Crippen molar-refractivity contribution in [2.24, 2.45) is 5.10 Å². The van der Waals surface area contributed by atoms with Gasteiger partial charge in [-0.1, -0.05) is 6.07 Å². The van der Waals surface area contributed by atoms with Crippen molar-refractivity contribution in [3.63, 3.8) is 0 Å². The number of halogens is 1. The summed E-state index contributed by atoms with van der Waals surface area (Å²) < 4.78 is 18.7. The van der Waals surface area contributed by atoms with Gasteiger partial charge in [0.25, 0.3) is 17.3 Å². The van der Waals surface area contributed by atoms with Crippen molar-refractivity contribution in [1.29, 1.82) is 0 Å². The van der Waals surface area contributed by atoms with Crippen LogP contribution in [0.5, 0.6) is 0 Å². The first kappa shape index (κ1) is 19.4. The lowest BCUT2D eigenvalue weighted by Gasteiger charge is -2.00. The number of carbonyl (C=O) groups excluding carboxylic acids is 1. The zero-order valence-corrected chi connectivity index (χ0v) is 14.4. The van der Waals surface area contributed by atoms with Crippen LogP contribution in [0.1, 0.15) is 16.1 Å². The summed E-state index contributed by atoms with van der Waals surface area (Å²) in [4.78, 5) is 32.5. The van der Waals surface area contributed by atoms with Crippen molar-refractivity contribution in [3.05, 3.63) is 92.0 Å². The lowest BCUT2D eigenvalue weighted by atomic mass is 10.1. The Morgan fingerprint density at radius 1 is 1.07 bits per heavy atom. The fraction of sp³-hybridized carbons (Fsp3) is 0. The van der Waals surface area contributed by atoms with E-state index >= 15 is 0 Å². The molecule has 0 saturated heterocycles. The van der Waals surface area contributed by atoms with Crippen LogP contribution < -0.4 is 5.43 Å². The molecule has 0 atom stereocenters. The third-order valence-electron chi connectivity index (χ3n) is 3.73. The zero-order chi connectivity index (χ0) is 21.0. The van der Waals surface area contributed by atoms with Gasteiger partial charge in [-0.15, -0.1) is 0 Å². The van der Waals surface area contributed by atoms with Gasteiger partial charge in [-0.25, -0.2) is 9.82 Å². The third kappa shape index (κ3) is 4.47. The summed E-state index contributed by atoms with van der Waals surface area (Å²) in [5.74, 6) is -1.15. The largest absolute Gasteiger partial charge is 0.455 e. The fourth-order valence-electron chi connectivity index (χ4n) is 2.41. The van der Waals surface area contributed by atoms with Gasteiger partial charge >= 0.3 is 0 Å². The number of nitro groups is 2. The monoisotopic (exact) mass is 398 g/mol. The van der Waals surface area contributed by atoms with Crippen molar-refractivity contribution in [2.75, 3.05) is 0 Å². The van der Waals surface area contributed by atoms with Crippen LogP contribution in [0.15, 0.2) is 64.1 Å². The normalized spacial score (nSPS) is 10.8. The van der Waals surface area contributed by atoms with E-state index in [1.54, 1.807) is 0 Å². The zero-order valence-electron chi connectivity index (χ0n) is 14.4. The molecule has 1 N–H and O–H groups in total. The lowest BCUT2D eigenvalue weighted by Crippen LogP contribution is -2.17. The predicted molar refractivity (Wildman–Crippen MR) is 98.9 cm³/mol. The van der Waals surface area contributed by atoms with Gasteiger partial charge < -0.3 is 4.42 Å². The lowest BCUT2D eigenvalue weighted by molar-refractivity contribution is -0.384. The predicted octanol–water partition coefficient (Wildman–Crippen LogP) is 3.67. The Kier molecular flexibility index (Phi) is 5.39. The van der Waals surface area contributed by atoms with Crippen LogP contribution in [0.2, 0.25) is 0 Å². The molecule has 0 spiro atoms. The van der Waals surface area contributed by atoms with Crippen LogP contribution in [0, 0.1) is 26.0 Å². The average molecular weight is 398 g/mol. The summed E-state index contributed by atoms with van der Waals surface area (Å²) in [6.07, 6.45) is 1.15. The molecule has 0 saturated carbocycles. The minimum atomic E-state index is -0.752. The number of hydrogen-bond donors (Lipinski definition) is 1. The van der Waals surface area contributed by atoms with E-state index in [4.69, 9.17) is 4.42 Å². The van der Waals surface area contributed by atoms with Gasteiger partial charge in [-0.2, -0.15) is 5.10 Å². The standard InChI is InChI=1S/C18H11FN4O6/c19-12-4-6-15(16(9-12)23(27)28)17-7-5-14(29-17)10-20-21-18(24)11-2-1-3-13(8-11)22(25)26/h1-10H,(H,21,24)/b20-10+. The molecule has 11 heteroatoms. The molecule has 29 heavy (non-hydrogen) atoms. The molecule has 1 heterocycles. The Morgan fingerprint density at radius 2 is 1.86 bits per heavy atom. The number of carbonyl (C=O) groups is 1. The van der Waals surface area contributed by atoms with E-state index in [0.717, 1.165) is 24.4 Å². The highest BCUT2D eigenvalue weighted by molar-refractivity contribution is 5.95. The number of nitro benzene ring substituents is 2. The molecule has 0 aliphatic heterocycles. The van der Waals surface area contributed by atoms with E-state index in [9.17, 15) is 29.4 Å². The maximum atomic E-state index is 13.2. The first-order valence-electron chi connectivity index (χ1n) is 7.97. The van der Waals surface area contributed by atoms with Gasteiger partial charge in [-0.05, 0) is 30.3 Å². The molecule has 0 radical (unpaired) electrons. The summed E-state index contributed by atoms with van der Waals surface area (Å²) in [6, 6.07) is 11.1. The van der Waals surface area contributed by atoms with Crippen molar-refractivity contribution in [1.82, 2.24) is 5.43 Å². The second-order valence-electron chi connectivity index (χ2n) is 5.63. The van der Waals surface area contributed by atoms with Crippen molar-refractivity contribution >= 4 is 23.5 Å². The maximum Gasteiger partial charge on any atom is 0.283 e. The Morgan fingerprint density at radius 3 is 2.59 bits per heavy atom. The van der Waals surface area contributed by atoms with Crippen LogP contribution in [0.3, 0.4) is 0 Å². The number of amides is 1. The van der Waals surface area contributed by atoms with E-state index in [2.05, 4.69) is 10.5 Å². The highest BCUT2D eigenvalue weighted by Gasteiger charge is 2.19. The van der Waals surface area contributed by atoms with Gasteiger partial charge in [0.15, 0.2) is 0 Å². The van der Waals surface area contributed by atoms with Crippen LogP contribution in [0.25, 0.3) is 11.3 Å². The van der Waals surface area contributed by atoms with Crippen molar-refractivity contribution < 1.29 is 23.4 Å². The number of hydrogen-bond acceptors (Lipinski definition) is 7. The van der Waals surface area contributed by atoms with Gasteiger partial charge in [0.05, 0.1) is 27.7 Å². The molecule has 3 aromatic rings. The topological polar surface area (TPSA) is 141 Å². The molecule has 0 aliphatic rings. The summed E-state index contributed by atoms with van der Waals surface area (Å²) in [7, 11) is 0. The van der Waals surface area contributed by atoms with E-state index in [0.29, 0.717) is 0 Å². The summed E-state index contributed by atoms with van der Waals surface area (Å²) >= 11 is 0. The molecule has 3 rings (SSSR count). The van der Waals surface area contributed by atoms with E-state index in [-0.39, 0.29) is 28.3 Å². The van der Waals surface area contributed by atoms with Crippen LogP contribution in [0.4, 0.5) is 15.8 Å². The first-order valence-corrected chi connectivity index (χ1v) is 7.97. The van der Waals surface area contributed by atoms with Crippen LogP contribution >= 0.6 is 0 Å².